The predicted molar refractivity (Wildman–Crippen MR) is 120 cm³/mol. The molecule has 7 nitrogen and oxygen atoms in total. The minimum absolute atomic E-state index is 0.130. The highest BCUT2D eigenvalue weighted by atomic mass is 19.1. The summed E-state index contributed by atoms with van der Waals surface area (Å²) in [5.41, 5.74) is 3.06. The zero-order chi connectivity index (χ0) is 23.2. The molecule has 2 aromatic heterocycles. The fraction of sp³-hybridized carbons (Fsp3) is 0.250. The fourth-order valence-corrected chi connectivity index (χ4v) is 3.26. The Balaban J connectivity index is 1.23. The monoisotopic (exact) mass is 450 g/mol. The fourth-order valence-electron chi connectivity index (χ4n) is 3.26. The zero-order valence-electron chi connectivity index (χ0n) is 18.3. The van der Waals surface area contributed by atoms with E-state index in [0.29, 0.717) is 42.5 Å². The molecule has 2 aromatic carbocycles. The van der Waals surface area contributed by atoms with Gasteiger partial charge in [-0.15, -0.1) is 10.2 Å². The molecule has 0 aliphatic carbocycles. The standard InChI is InChI=1S/C24H24F2N6O/c1-15(10-27-11-17-3-5-18(6-4-17)24-32-31-16(2)33-24)28-12-20-8-7-19(9-22(20)26)23-29-13-21(25)14-30-23/h3-9,13-15,27-28H,10-12H2,1-2H3. The largest absolute Gasteiger partial charge is 0.421 e. The smallest absolute Gasteiger partial charge is 0.247 e. The zero-order valence-corrected chi connectivity index (χ0v) is 18.3. The van der Waals surface area contributed by atoms with Crippen LogP contribution in [0.2, 0.25) is 0 Å². The number of nitrogens with one attached hydrogen (secondary N) is 2. The van der Waals surface area contributed by atoms with Crippen LogP contribution >= 0.6 is 0 Å². The van der Waals surface area contributed by atoms with Crippen molar-refractivity contribution < 1.29 is 13.2 Å². The van der Waals surface area contributed by atoms with Crippen LogP contribution in [0.15, 0.2) is 59.3 Å². The molecule has 0 bridgehead atoms. The van der Waals surface area contributed by atoms with Crippen molar-refractivity contribution in [2.75, 3.05) is 6.54 Å². The van der Waals surface area contributed by atoms with Gasteiger partial charge in [0.25, 0.3) is 0 Å². The van der Waals surface area contributed by atoms with Crippen molar-refractivity contribution in [1.29, 1.82) is 0 Å². The molecule has 0 spiro atoms. The quantitative estimate of drug-likeness (QED) is 0.398. The molecule has 4 aromatic rings. The van der Waals surface area contributed by atoms with E-state index in [2.05, 4.69) is 30.8 Å². The predicted octanol–water partition coefficient (Wildman–Crippen LogP) is 4.05. The first kappa shape index (κ1) is 22.6. The Morgan fingerprint density at radius 2 is 1.67 bits per heavy atom. The SMILES string of the molecule is Cc1nnc(-c2ccc(CNCC(C)NCc3ccc(-c4ncc(F)cn4)cc3F)cc2)o1. The molecular weight excluding hydrogens is 426 g/mol. The molecule has 170 valence electrons. The van der Waals surface area contributed by atoms with Crippen LogP contribution in [-0.4, -0.2) is 32.8 Å². The molecule has 0 saturated carbocycles. The van der Waals surface area contributed by atoms with E-state index in [-0.39, 0.29) is 17.7 Å². The van der Waals surface area contributed by atoms with Crippen molar-refractivity contribution in [2.45, 2.75) is 33.0 Å². The van der Waals surface area contributed by atoms with Gasteiger partial charge in [-0.1, -0.05) is 24.3 Å². The molecule has 9 heteroatoms. The molecule has 0 saturated heterocycles. The maximum absolute atomic E-state index is 14.5. The molecule has 0 aliphatic heterocycles. The lowest BCUT2D eigenvalue weighted by Crippen LogP contribution is -2.35. The molecule has 0 radical (unpaired) electrons. The van der Waals surface area contributed by atoms with Gasteiger partial charge in [0.05, 0.1) is 12.4 Å². The summed E-state index contributed by atoms with van der Waals surface area (Å²) >= 11 is 0. The highest BCUT2D eigenvalue weighted by Gasteiger charge is 2.10. The molecule has 33 heavy (non-hydrogen) atoms. The van der Waals surface area contributed by atoms with Crippen molar-refractivity contribution in [3.63, 3.8) is 0 Å². The third-order valence-corrected chi connectivity index (χ3v) is 5.08. The van der Waals surface area contributed by atoms with Crippen LogP contribution in [0.1, 0.15) is 23.9 Å². The van der Waals surface area contributed by atoms with E-state index >= 15 is 0 Å². The summed E-state index contributed by atoms with van der Waals surface area (Å²) in [6, 6.07) is 12.9. The number of aromatic nitrogens is 4. The first-order chi connectivity index (χ1) is 16.0. The van der Waals surface area contributed by atoms with Crippen molar-refractivity contribution >= 4 is 0 Å². The lowest BCUT2D eigenvalue weighted by molar-refractivity contribution is 0.491. The Morgan fingerprint density at radius 3 is 2.33 bits per heavy atom. The average Bonchev–Trinajstić information content (AvgIpc) is 3.25. The summed E-state index contributed by atoms with van der Waals surface area (Å²) < 4.78 is 32.9. The van der Waals surface area contributed by atoms with Crippen molar-refractivity contribution in [3.05, 3.63) is 83.5 Å². The molecule has 0 amide bonds. The normalized spacial score (nSPS) is 12.1. The highest BCUT2D eigenvalue weighted by Crippen LogP contribution is 2.19. The molecular formula is C24H24F2N6O. The van der Waals surface area contributed by atoms with Crippen LogP contribution in [-0.2, 0) is 13.1 Å². The molecule has 2 N–H and O–H groups in total. The maximum atomic E-state index is 14.5. The molecule has 0 fully saturated rings. The Labute approximate surface area is 190 Å². The second-order valence-corrected chi connectivity index (χ2v) is 7.77. The molecule has 1 atom stereocenters. The van der Waals surface area contributed by atoms with Crippen LogP contribution in [0.25, 0.3) is 22.8 Å². The number of aryl methyl sites for hydroxylation is 1. The van der Waals surface area contributed by atoms with Gasteiger partial charge in [0, 0.05) is 49.3 Å². The van der Waals surface area contributed by atoms with Crippen LogP contribution < -0.4 is 10.6 Å². The van der Waals surface area contributed by atoms with Crippen molar-refractivity contribution in [1.82, 2.24) is 30.8 Å². The van der Waals surface area contributed by atoms with E-state index < -0.39 is 5.82 Å². The van der Waals surface area contributed by atoms with Gasteiger partial charge >= 0.3 is 0 Å². The Hall–Kier alpha value is -3.56. The topological polar surface area (TPSA) is 88.8 Å². The minimum Gasteiger partial charge on any atom is -0.421 e. The van der Waals surface area contributed by atoms with Gasteiger partial charge in [0.1, 0.15) is 5.82 Å². The lowest BCUT2D eigenvalue weighted by atomic mass is 10.1. The van der Waals surface area contributed by atoms with Crippen molar-refractivity contribution in [2.24, 2.45) is 0 Å². The van der Waals surface area contributed by atoms with Crippen LogP contribution in [0.4, 0.5) is 8.78 Å². The van der Waals surface area contributed by atoms with Crippen LogP contribution in [0.3, 0.4) is 0 Å². The lowest BCUT2D eigenvalue weighted by Gasteiger charge is -2.15. The van der Waals surface area contributed by atoms with Crippen molar-refractivity contribution in [3.8, 4) is 22.8 Å². The summed E-state index contributed by atoms with van der Waals surface area (Å²) in [5.74, 6) is 0.445. The summed E-state index contributed by atoms with van der Waals surface area (Å²) in [5, 5.41) is 14.6. The molecule has 2 heterocycles. The first-order valence-electron chi connectivity index (χ1n) is 10.6. The van der Waals surface area contributed by atoms with Gasteiger partial charge in [-0.05, 0) is 30.7 Å². The van der Waals surface area contributed by atoms with E-state index in [1.54, 1.807) is 19.1 Å². The number of rotatable bonds is 9. The van der Waals surface area contributed by atoms with Gasteiger partial charge < -0.3 is 15.1 Å². The molecule has 1 unspecified atom stereocenters. The van der Waals surface area contributed by atoms with E-state index in [1.807, 2.05) is 31.2 Å². The second-order valence-electron chi connectivity index (χ2n) is 7.77. The van der Waals surface area contributed by atoms with Gasteiger partial charge in [0.15, 0.2) is 11.6 Å². The number of hydrogen-bond acceptors (Lipinski definition) is 7. The van der Waals surface area contributed by atoms with Gasteiger partial charge in [-0.25, -0.2) is 18.7 Å². The molecule has 4 rings (SSSR count). The maximum Gasteiger partial charge on any atom is 0.247 e. The summed E-state index contributed by atoms with van der Waals surface area (Å²) in [6.07, 6.45) is 2.13. The van der Waals surface area contributed by atoms with E-state index in [0.717, 1.165) is 23.5 Å². The highest BCUT2D eigenvalue weighted by molar-refractivity contribution is 5.55. The number of nitrogens with zero attached hydrogens (tertiary/aromatic N) is 4. The van der Waals surface area contributed by atoms with Gasteiger partial charge in [-0.2, -0.15) is 0 Å². The van der Waals surface area contributed by atoms with E-state index in [1.165, 1.54) is 6.07 Å². The number of hydrogen-bond donors (Lipinski definition) is 2. The van der Waals surface area contributed by atoms with E-state index in [9.17, 15) is 8.78 Å². The molecule has 0 aliphatic rings. The van der Waals surface area contributed by atoms with Crippen LogP contribution in [0.5, 0.6) is 0 Å². The Bertz CT molecular complexity index is 1190. The first-order valence-corrected chi connectivity index (χ1v) is 10.6. The third kappa shape index (κ3) is 6.03. The van der Waals surface area contributed by atoms with Crippen LogP contribution in [0, 0.1) is 18.6 Å². The second kappa shape index (κ2) is 10.4. The third-order valence-electron chi connectivity index (χ3n) is 5.08. The summed E-state index contributed by atoms with van der Waals surface area (Å²) in [6.45, 7) is 5.60. The van der Waals surface area contributed by atoms with E-state index in [4.69, 9.17) is 4.42 Å². The number of halogens is 2. The Kier molecular flexibility index (Phi) is 7.11. The van der Waals surface area contributed by atoms with Gasteiger partial charge in [0.2, 0.25) is 11.8 Å². The average molecular weight is 450 g/mol. The number of benzene rings is 2. The Morgan fingerprint density at radius 1 is 0.939 bits per heavy atom. The van der Waals surface area contributed by atoms with Gasteiger partial charge in [-0.3, -0.25) is 0 Å². The summed E-state index contributed by atoms with van der Waals surface area (Å²) in [4.78, 5) is 7.77. The minimum atomic E-state index is -0.529. The summed E-state index contributed by atoms with van der Waals surface area (Å²) in [7, 11) is 0.